The predicted octanol–water partition coefficient (Wildman–Crippen LogP) is 5.86. The van der Waals surface area contributed by atoms with Gasteiger partial charge in [-0.05, 0) is 42.7 Å². The minimum Gasteiger partial charge on any atom is -0.290 e. The number of carbonyl (C=O) groups excluding carboxylic acids is 1. The maximum absolute atomic E-state index is 13.3. The fourth-order valence-electron chi connectivity index (χ4n) is 3.99. The number of Topliss-reactive ketones (excluding diaryl/α,β-unsaturated/α-hetero) is 1. The van der Waals surface area contributed by atoms with Gasteiger partial charge in [-0.1, -0.05) is 90.0 Å². The van der Waals surface area contributed by atoms with E-state index in [1.54, 1.807) is 0 Å². The highest BCUT2D eigenvalue weighted by molar-refractivity contribution is 6.14. The molecule has 0 N–H and O–H groups in total. The van der Waals surface area contributed by atoms with Gasteiger partial charge in [0.2, 0.25) is 0 Å². The Morgan fingerprint density at radius 1 is 0.733 bits per heavy atom. The van der Waals surface area contributed by atoms with Crippen LogP contribution in [0.5, 0.6) is 0 Å². The molecule has 0 amide bonds. The van der Waals surface area contributed by atoms with Crippen LogP contribution in [0.15, 0.2) is 90.0 Å². The van der Waals surface area contributed by atoms with Gasteiger partial charge in [-0.15, -0.1) is 0 Å². The average molecular weight is 394 g/mol. The van der Waals surface area contributed by atoms with Gasteiger partial charge < -0.3 is 0 Å². The molecule has 0 unspecified atom stereocenters. The topological polar surface area (TPSA) is 20.3 Å². The molecule has 0 atom stereocenters. The van der Waals surface area contributed by atoms with E-state index in [9.17, 15) is 4.79 Å². The van der Waals surface area contributed by atoms with Gasteiger partial charge in [0, 0.05) is 30.8 Å². The number of piperidine rings is 1. The predicted molar refractivity (Wildman–Crippen MR) is 125 cm³/mol. The smallest absolute Gasteiger partial charge is 0.187 e. The molecule has 0 saturated carbocycles. The molecule has 0 aromatic heterocycles. The third-order valence-electron chi connectivity index (χ3n) is 5.39. The second-order valence-electron chi connectivity index (χ2n) is 8.13. The average Bonchev–Trinajstić information content (AvgIpc) is 2.72. The van der Waals surface area contributed by atoms with Gasteiger partial charge in [-0.25, -0.2) is 0 Å². The van der Waals surface area contributed by atoms with Crippen LogP contribution >= 0.6 is 0 Å². The van der Waals surface area contributed by atoms with Crippen molar-refractivity contribution in [2.45, 2.75) is 20.4 Å². The zero-order chi connectivity index (χ0) is 20.9. The maximum atomic E-state index is 13.3. The SMILES string of the molecule is Cc1cccc(/C=C2\CN(Cc3ccccc3)C/C(=C\c3cccc(C)c3)C2=O)c1. The number of hydrogen-bond donors (Lipinski definition) is 0. The van der Waals surface area contributed by atoms with Crippen molar-refractivity contribution in [3.8, 4) is 0 Å². The molecule has 0 spiro atoms. The van der Waals surface area contributed by atoms with Crippen LogP contribution in [-0.4, -0.2) is 23.8 Å². The number of rotatable bonds is 4. The Balaban J connectivity index is 1.69. The van der Waals surface area contributed by atoms with E-state index in [4.69, 9.17) is 0 Å². The quantitative estimate of drug-likeness (QED) is 0.518. The lowest BCUT2D eigenvalue weighted by Gasteiger charge is -2.30. The zero-order valence-corrected chi connectivity index (χ0v) is 17.6. The molecule has 1 fully saturated rings. The van der Waals surface area contributed by atoms with E-state index in [2.05, 4.69) is 91.6 Å². The third kappa shape index (κ3) is 5.03. The van der Waals surface area contributed by atoms with Crippen LogP contribution in [0.1, 0.15) is 27.8 Å². The van der Waals surface area contributed by atoms with Crippen LogP contribution in [0.25, 0.3) is 12.2 Å². The Hall–Kier alpha value is -3.23. The van der Waals surface area contributed by atoms with Crippen LogP contribution in [-0.2, 0) is 11.3 Å². The van der Waals surface area contributed by atoms with Gasteiger partial charge in [-0.3, -0.25) is 9.69 Å². The Kier molecular flexibility index (Phi) is 6.06. The van der Waals surface area contributed by atoms with Crippen LogP contribution in [0.4, 0.5) is 0 Å². The molecule has 1 saturated heterocycles. The molecular formula is C28H27NO. The van der Waals surface area contributed by atoms with Gasteiger partial charge >= 0.3 is 0 Å². The summed E-state index contributed by atoms with van der Waals surface area (Å²) < 4.78 is 0. The minimum absolute atomic E-state index is 0.155. The van der Waals surface area contributed by atoms with E-state index >= 15 is 0 Å². The summed E-state index contributed by atoms with van der Waals surface area (Å²) in [6.45, 7) is 6.30. The summed E-state index contributed by atoms with van der Waals surface area (Å²) >= 11 is 0. The molecule has 0 bridgehead atoms. The third-order valence-corrected chi connectivity index (χ3v) is 5.39. The molecule has 0 aliphatic carbocycles. The van der Waals surface area contributed by atoms with Gasteiger partial charge in [0.05, 0.1) is 0 Å². The van der Waals surface area contributed by atoms with Gasteiger partial charge in [-0.2, -0.15) is 0 Å². The highest BCUT2D eigenvalue weighted by atomic mass is 16.1. The molecule has 0 radical (unpaired) electrons. The maximum Gasteiger partial charge on any atom is 0.187 e. The van der Waals surface area contributed by atoms with Crippen molar-refractivity contribution in [3.05, 3.63) is 118 Å². The Labute approximate surface area is 179 Å². The number of nitrogens with zero attached hydrogens (tertiary/aromatic N) is 1. The number of aryl methyl sites for hydroxylation is 2. The Bertz CT molecular complexity index is 1040. The molecule has 3 aromatic carbocycles. The van der Waals surface area contributed by atoms with E-state index in [-0.39, 0.29) is 5.78 Å². The first kappa shape index (κ1) is 20.1. The van der Waals surface area contributed by atoms with Gasteiger partial charge in [0.25, 0.3) is 0 Å². The molecule has 4 rings (SSSR count). The van der Waals surface area contributed by atoms with Crippen molar-refractivity contribution in [2.24, 2.45) is 0 Å². The van der Waals surface area contributed by atoms with Crippen molar-refractivity contribution in [1.29, 1.82) is 0 Å². The van der Waals surface area contributed by atoms with Crippen molar-refractivity contribution in [2.75, 3.05) is 13.1 Å². The molecule has 2 heteroatoms. The van der Waals surface area contributed by atoms with E-state index in [1.807, 2.05) is 18.2 Å². The molecule has 1 aliphatic rings. The molecule has 1 heterocycles. The highest BCUT2D eigenvalue weighted by Crippen LogP contribution is 2.24. The van der Waals surface area contributed by atoms with Crippen molar-refractivity contribution in [3.63, 3.8) is 0 Å². The van der Waals surface area contributed by atoms with Crippen LogP contribution in [0.2, 0.25) is 0 Å². The lowest BCUT2D eigenvalue weighted by Crippen LogP contribution is -2.37. The normalized spacial score (nSPS) is 17.6. The summed E-state index contributed by atoms with van der Waals surface area (Å²) in [5.74, 6) is 0.155. The summed E-state index contributed by atoms with van der Waals surface area (Å²) in [6.07, 6.45) is 4.10. The molecule has 30 heavy (non-hydrogen) atoms. The van der Waals surface area contributed by atoms with Crippen molar-refractivity contribution >= 4 is 17.9 Å². The summed E-state index contributed by atoms with van der Waals surface area (Å²) in [6, 6.07) is 27.1. The Morgan fingerprint density at radius 3 is 1.77 bits per heavy atom. The first-order chi connectivity index (χ1) is 14.6. The lowest BCUT2D eigenvalue weighted by molar-refractivity contribution is -0.113. The van der Waals surface area contributed by atoms with Crippen LogP contribution < -0.4 is 0 Å². The lowest BCUT2D eigenvalue weighted by atomic mass is 9.93. The summed E-state index contributed by atoms with van der Waals surface area (Å²) in [4.78, 5) is 15.7. The number of ketones is 1. The number of likely N-dealkylation sites (tertiary alicyclic amines) is 1. The van der Waals surface area contributed by atoms with Gasteiger partial charge in [0.1, 0.15) is 0 Å². The number of hydrogen-bond acceptors (Lipinski definition) is 2. The van der Waals surface area contributed by atoms with Gasteiger partial charge in [0.15, 0.2) is 5.78 Å². The second-order valence-corrected chi connectivity index (χ2v) is 8.13. The van der Waals surface area contributed by atoms with Crippen molar-refractivity contribution < 1.29 is 4.79 Å². The first-order valence-electron chi connectivity index (χ1n) is 10.4. The van der Waals surface area contributed by atoms with E-state index < -0.39 is 0 Å². The summed E-state index contributed by atoms with van der Waals surface area (Å²) in [5.41, 5.74) is 7.51. The van der Waals surface area contributed by atoms with E-state index in [1.165, 1.54) is 16.7 Å². The number of carbonyl (C=O) groups is 1. The molecule has 2 nitrogen and oxygen atoms in total. The monoisotopic (exact) mass is 393 g/mol. The zero-order valence-electron chi connectivity index (χ0n) is 17.6. The van der Waals surface area contributed by atoms with Crippen LogP contribution in [0, 0.1) is 13.8 Å². The standard InChI is InChI=1S/C28H27NO/c1-21-8-6-12-24(14-21)16-26-19-29(18-23-10-4-3-5-11-23)20-27(28(26)30)17-25-13-7-9-22(2)15-25/h3-17H,18-20H2,1-2H3/b26-16+,27-17+. The van der Waals surface area contributed by atoms with E-state index in [0.717, 1.165) is 28.8 Å². The molecule has 1 aliphatic heterocycles. The molecule has 3 aromatic rings. The molecular weight excluding hydrogens is 366 g/mol. The second kappa shape index (κ2) is 9.06. The summed E-state index contributed by atoms with van der Waals surface area (Å²) in [5, 5.41) is 0. The van der Waals surface area contributed by atoms with Crippen molar-refractivity contribution in [1.82, 2.24) is 4.90 Å². The Morgan fingerprint density at radius 2 is 1.27 bits per heavy atom. The van der Waals surface area contributed by atoms with E-state index in [0.29, 0.717) is 13.1 Å². The number of benzene rings is 3. The highest BCUT2D eigenvalue weighted by Gasteiger charge is 2.26. The fraction of sp³-hybridized carbons (Fsp3) is 0.179. The van der Waals surface area contributed by atoms with Crippen LogP contribution in [0.3, 0.4) is 0 Å². The fourth-order valence-corrected chi connectivity index (χ4v) is 3.99. The molecule has 150 valence electrons. The summed E-state index contributed by atoms with van der Waals surface area (Å²) in [7, 11) is 0. The first-order valence-corrected chi connectivity index (χ1v) is 10.4. The minimum atomic E-state index is 0.155. The largest absolute Gasteiger partial charge is 0.290 e.